The minimum atomic E-state index is -0.207. The van der Waals surface area contributed by atoms with Crippen molar-refractivity contribution in [1.82, 2.24) is 5.43 Å². The van der Waals surface area contributed by atoms with Gasteiger partial charge >= 0.3 is 0 Å². The lowest BCUT2D eigenvalue weighted by molar-refractivity contribution is -0.119. The van der Waals surface area contributed by atoms with Crippen molar-refractivity contribution in [2.75, 3.05) is 11.9 Å². The maximum absolute atomic E-state index is 12.0. The number of anilines is 1. The first-order valence-electron chi connectivity index (χ1n) is 7.93. The number of halogens is 1. The lowest BCUT2D eigenvalue weighted by Gasteiger charge is -2.07. The fourth-order valence-corrected chi connectivity index (χ4v) is 2.55. The van der Waals surface area contributed by atoms with E-state index in [2.05, 4.69) is 21.9 Å². The van der Waals surface area contributed by atoms with E-state index in [0.717, 1.165) is 22.3 Å². The molecule has 0 saturated heterocycles. The molecule has 0 aliphatic carbocycles. The average molecular weight is 352 g/mol. The summed E-state index contributed by atoms with van der Waals surface area (Å²) in [4.78, 5) is 12.0. The van der Waals surface area contributed by atoms with Crippen molar-refractivity contribution < 1.29 is 4.79 Å². The zero-order valence-corrected chi connectivity index (χ0v) is 14.5. The van der Waals surface area contributed by atoms with Gasteiger partial charge in [0, 0.05) is 10.7 Å². The number of fused-ring (bicyclic) bond motifs is 1. The quantitative estimate of drug-likeness (QED) is 0.527. The standard InChI is InChI=1S/C20H18ClN3O/c1-14(15-6-9-18(21)10-7-15)23-24-20(25)13-22-19-11-8-16-4-2-3-5-17(16)12-19/h2-12,22H,13H2,1H3,(H,24,25)/b23-14-. The normalized spacial score (nSPS) is 11.4. The van der Waals surface area contributed by atoms with Crippen molar-refractivity contribution in [2.24, 2.45) is 5.10 Å². The second-order valence-electron chi connectivity index (χ2n) is 5.65. The van der Waals surface area contributed by atoms with Crippen LogP contribution in [0.3, 0.4) is 0 Å². The summed E-state index contributed by atoms with van der Waals surface area (Å²) >= 11 is 5.86. The third kappa shape index (κ3) is 4.58. The Morgan fingerprint density at radius 3 is 2.48 bits per heavy atom. The molecule has 0 fully saturated rings. The molecule has 3 aromatic rings. The SMILES string of the molecule is C/C(=N/NC(=O)CNc1ccc2ccccc2c1)c1ccc(Cl)cc1. The molecule has 0 aromatic heterocycles. The van der Waals surface area contributed by atoms with Crippen LogP contribution in [0.25, 0.3) is 10.8 Å². The molecule has 5 heteroatoms. The number of amides is 1. The molecular formula is C20H18ClN3O. The molecule has 0 bridgehead atoms. The molecule has 4 nitrogen and oxygen atoms in total. The zero-order valence-electron chi connectivity index (χ0n) is 13.8. The summed E-state index contributed by atoms with van der Waals surface area (Å²) in [6, 6.07) is 21.4. The summed E-state index contributed by atoms with van der Waals surface area (Å²) in [6.07, 6.45) is 0. The molecule has 2 N–H and O–H groups in total. The second-order valence-corrected chi connectivity index (χ2v) is 6.09. The van der Waals surface area contributed by atoms with E-state index in [9.17, 15) is 4.79 Å². The van der Waals surface area contributed by atoms with Crippen molar-refractivity contribution in [2.45, 2.75) is 6.92 Å². The minimum absolute atomic E-state index is 0.149. The number of benzene rings is 3. The Hall–Kier alpha value is -2.85. The molecule has 126 valence electrons. The predicted molar refractivity (Wildman–Crippen MR) is 104 cm³/mol. The highest BCUT2D eigenvalue weighted by Crippen LogP contribution is 2.18. The van der Waals surface area contributed by atoms with Gasteiger partial charge < -0.3 is 5.32 Å². The van der Waals surface area contributed by atoms with Gasteiger partial charge in [0.05, 0.1) is 12.3 Å². The van der Waals surface area contributed by atoms with E-state index in [-0.39, 0.29) is 12.5 Å². The van der Waals surface area contributed by atoms with E-state index in [1.54, 1.807) is 12.1 Å². The Balaban J connectivity index is 1.56. The molecule has 0 radical (unpaired) electrons. The fourth-order valence-electron chi connectivity index (χ4n) is 2.42. The van der Waals surface area contributed by atoms with Crippen LogP contribution in [0.15, 0.2) is 71.8 Å². The van der Waals surface area contributed by atoms with Crippen LogP contribution in [-0.2, 0) is 4.79 Å². The summed E-state index contributed by atoms with van der Waals surface area (Å²) in [7, 11) is 0. The van der Waals surface area contributed by atoms with E-state index < -0.39 is 0 Å². The zero-order chi connectivity index (χ0) is 17.6. The highest BCUT2D eigenvalue weighted by molar-refractivity contribution is 6.30. The summed E-state index contributed by atoms with van der Waals surface area (Å²) in [6.45, 7) is 1.98. The van der Waals surface area contributed by atoms with Gasteiger partial charge in [-0.25, -0.2) is 5.43 Å². The van der Waals surface area contributed by atoms with Gasteiger partial charge in [-0.05, 0) is 47.5 Å². The first-order valence-corrected chi connectivity index (χ1v) is 8.31. The third-order valence-electron chi connectivity index (χ3n) is 3.81. The number of hydrogen-bond acceptors (Lipinski definition) is 3. The van der Waals surface area contributed by atoms with Gasteiger partial charge in [0.25, 0.3) is 5.91 Å². The lowest BCUT2D eigenvalue weighted by Crippen LogP contribution is -2.26. The molecule has 25 heavy (non-hydrogen) atoms. The van der Waals surface area contributed by atoms with E-state index in [1.807, 2.05) is 55.5 Å². The van der Waals surface area contributed by atoms with Crippen molar-refractivity contribution in [3.63, 3.8) is 0 Å². The largest absolute Gasteiger partial charge is 0.376 e. The predicted octanol–water partition coefficient (Wildman–Crippen LogP) is 4.45. The van der Waals surface area contributed by atoms with Gasteiger partial charge in [-0.3, -0.25) is 4.79 Å². The topological polar surface area (TPSA) is 53.5 Å². The van der Waals surface area contributed by atoms with Gasteiger partial charge in [0.15, 0.2) is 0 Å². The van der Waals surface area contributed by atoms with Gasteiger partial charge in [-0.1, -0.05) is 54.1 Å². The summed E-state index contributed by atoms with van der Waals surface area (Å²) in [5, 5.41) is 10.2. The van der Waals surface area contributed by atoms with Crippen molar-refractivity contribution >= 4 is 39.7 Å². The molecule has 3 rings (SSSR count). The first-order chi connectivity index (χ1) is 12.1. The molecular weight excluding hydrogens is 334 g/mol. The Morgan fingerprint density at radius 2 is 1.72 bits per heavy atom. The number of hydrogen-bond donors (Lipinski definition) is 2. The van der Waals surface area contributed by atoms with E-state index >= 15 is 0 Å². The summed E-state index contributed by atoms with van der Waals surface area (Å²) in [5.74, 6) is -0.207. The van der Waals surface area contributed by atoms with E-state index in [4.69, 9.17) is 11.6 Å². The van der Waals surface area contributed by atoms with Crippen LogP contribution in [-0.4, -0.2) is 18.2 Å². The van der Waals surface area contributed by atoms with Gasteiger partial charge in [-0.2, -0.15) is 5.10 Å². The average Bonchev–Trinajstić information content (AvgIpc) is 2.65. The van der Waals surface area contributed by atoms with Crippen molar-refractivity contribution in [3.05, 3.63) is 77.3 Å². The Bertz CT molecular complexity index is 920. The van der Waals surface area contributed by atoms with Crippen molar-refractivity contribution in [3.8, 4) is 0 Å². The minimum Gasteiger partial charge on any atom is -0.376 e. The number of hydrazone groups is 1. The third-order valence-corrected chi connectivity index (χ3v) is 4.06. The highest BCUT2D eigenvalue weighted by Gasteiger charge is 2.02. The number of carbonyl (C=O) groups excluding carboxylic acids is 1. The van der Waals surface area contributed by atoms with E-state index in [1.165, 1.54) is 5.39 Å². The molecule has 3 aromatic carbocycles. The number of rotatable bonds is 5. The first kappa shape index (κ1) is 17.0. The molecule has 0 atom stereocenters. The van der Waals surface area contributed by atoms with Crippen LogP contribution in [0.2, 0.25) is 5.02 Å². The van der Waals surface area contributed by atoms with Crippen LogP contribution < -0.4 is 10.7 Å². The number of nitrogens with zero attached hydrogens (tertiary/aromatic N) is 1. The van der Waals surface area contributed by atoms with Gasteiger partial charge in [0.1, 0.15) is 0 Å². The molecule has 0 heterocycles. The summed E-state index contributed by atoms with van der Waals surface area (Å²) < 4.78 is 0. The Kier molecular flexibility index (Phi) is 5.31. The molecule has 0 spiro atoms. The van der Waals surface area contributed by atoms with Crippen LogP contribution in [0, 0.1) is 0 Å². The molecule has 1 amide bonds. The molecule has 0 saturated carbocycles. The fraction of sp³-hybridized carbons (Fsp3) is 0.100. The van der Waals surface area contributed by atoms with Crippen molar-refractivity contribution in [1.29, 1.82) is 0 Å². The van der Waals surface area contributed by atoms with Crippen LogP contribution >= 0.6 is 11.6 Å². The Morgan fingerprint density at radius 1 is 1.00 bits per heavy atom. The van der Waals surface area contributed by atoms with E-state index in [0.29, 0.717) is 5.02 Å². The second kappa shape index (κ2) is 7.81. The number of nitrogens with one attached hydrogen (secondary N) is 2. The molecule has 0 aliphatic rings. The maximum atomic E-state index is 12.0. The van der Waals surface area contributed by atoms with Crippen LogP contribution in [0.4, 0.5) is 5.69 Å². The lowest BCUT2D eigenvalue weighted by atomic mass is 10.1. The molecule has 0 unspecified atom stereocenters. The van der Waals surface area contributed by atoms with Crippen LogP contribution in [0.1, 0.15) is 12.5 Å². The monoisotopic (exact) mass is 351 g/mol. The van der Waals surface area contributed by atoms with Gasteiger partial charge in [-0.15, -0.1) is 0 Å². The number of carbonyl (C=O) groups is 1. The summed E-state index contributed by atoms with van der Waals surface area (Å²) in [5.41, 5.74) is 5.08. The van der Waals surface area contributed by atoms with Crippen LogP contribution in [0.5, 0.6) is 0 Å². The highest BCUT2D eigenvalue weighted by atomic mass is 35.5. The molecule has 0 aliphatic heterocycles. The van der Waals surface area contributed by atoms with Gasteiger partial charge in [0.2, 0.25) is 0 Å². The Labute approximate surface area is 151 Å². The smallest absolute Gasteiger partial charge is 0.259 e. The maximum Gasteiger partial charge on any atom is 0.259 e.